The number of carbonyl (C=O) groups is 1. The van der Waals surface area contributed by atoms with Crippen LogP contribution in [-0.4, -0.2) is 16.0 Å². The molecule has 1 atom stereocenters. The summed E-state index contributed by atoms with van der Waals surface area (Å²) in [6.45, 7) is 1.86. The van der Waals surface area contributed by atoms with Gasteiger partial charge in [0.1, 0.15) is 5.82 Å². The zero-order valence-electron chi connectivity index (χ0n) is 10.7. The molecule has 0 aliphatic heterocycles. The summed E-state index contributed by atoms with van der Waals surface area (Å²) in [4.78, 5) is 16.0. The molecule has 0 radical (unpaired) electrons. The van der Waals surface area contributed by atoms with Gasteiger partial charge in [-0.1, -0.05) is 36.4 Å². The van der Waals surface area contributed by atoms with Crippen LogP contribution in [0.1, 0.15) is 23.8 Å². The summed E-state index contributed by atoms with van der Waals surface area (Å²) in [6.07, 6.45) is -0.786. The number of nitrogens with one attached hydrogen (secondary N) is 1. The van der Waals surface area contributed by atoms with Gasteiger partial charge in [0, 0.05) is 5.69 Å². The summed E-state index contributed by atoms with van der Waals surface area (Å²) in [7, 11) is 0. The number of hydrogen-bond donors (Lipinski definition) is 2. The topological polar surface area (TPSA) is 62.2 Å². The molecule has 0 saturated carbocycles. The van der Waals surface area contributed by atoms with Crippen LogP contribution in [-0.2, 0) is 4.79 Å². The molecular formula is C15H16N2O2. The maximum absolute atomic E-state index is 11.8. The maximum atomic E-state index is 11.8. The Morgan fingerprint density at radius 2 is 1.95 bits per heavy atom. The highest BCUT2D eigenvalue weighted by Crippen LogP contribution is 2.16. The Balaban J connectivity index is 1.95. The average molecular weight is 256 g/mol. The zero-order chi connectivity index (χ0) is 13.7. The minimum atomic E-state index is -0.800. The van der Waals surface area contributed by atoms with Crippen molar-refractivity contribution in [1.29, 1.82) is 0 Å². The predicted molar refractivity (Wildman–Crippen MR) is 73.6 cm³/mol. The number of carbonyl (C=O) groups excluding carboxylic acids is 1. The summed E-state index contributed by atoms with van der Waals surface area (Å²) in [6, 6.07) is 14.5. The van der Waals surface area contributed by atoms with Gasteiger partial charge < -0.3 is 10.4 Å². The van der Waals surface area contributed by atoms with Gasteiger partial charge in [-0.2, -0.15) is 0 Å². The fourth-order valence-corrected chi connectivity index (χ4v) is 1.78. The third kappa shape index (κ3) is 3.89. The van der Waals surface area contributed by atoms with Crippen LogP contribution in [0.15, 0.2) is 48.5 Å². The second kappa shape index (κ2) is 6.11. The van der Waals surface area contributed by atoms with Gasteiger partial charge in [-0.25, -0.2) is 4.98 Å². The third-order valence-electron chi connectivity index (χ3n) is 2.72. The van der Waals surface area contributed by atoms with Crippen molar-refractivity contribution in [3.05, 3.63) is 59.8 Å². The molecule has 1 amide bonds. The number of pyridine rings is 1. The third-order valence-corrected chi connectivity index (χ3v) is 2.72. The van der Waals surface area contributed by atoms with E-state index in [2.05, 4.69) is 10.3 Å². The van der Waals surface area contributed by atoms with Crippen molar-refractivity contribution in [2.45, 2.75) is 19.4 Å². The van der Waals surface area contributed by atoms with Crippen LogP contribution in [0.25, 0.3) is 0 Å². The summed E-state index contributed by atoms with van der Waals surface area (Å²) < 4.78 is 0. The number of rotatable bonds is 4. The molecule has 0 aliphatic rings. The van der Waals surface area contributed by atoms with Crippen LogP contribution in [0.2, 0.25) is 0 Å². The molecule has 0 fully saturated rings. The molecule has 98 valence electrons. The molecule has 0 bridgehead atoms. The highest BCUT2D eigenvalue weighted by atomic mass is 16.3. The largest absolute Gasteiger partial charge is 0.388 e. The summed E-state index contributed by atoms with van der Waals surface area (Å²) in [5.41, 5.74) is 1.57. The van der Waals surface area contributed by atoms with E-state index in [-0.39, 0.29) is 12.3 Å². The molecule has 0 spiro atoms. The molecule has 19 heavy (non-hydrogen) atoms. The van der Waals surface area contributed by atoms with E-state index in [1.54, 1.807) is 18.2 Å². The van der Waals surface area contributed by atoms with E-state index >= 15 is 0 Å². The van der Waals surface area contributed by atoms with Crippen LogP contribution >= 0.6 is 0 Å². The molecule has 4 nitrogen and oxygen atoms in total. The SMILES string of the molecule is Cc1cccc(NC(=O)CC(O)c2ccccc2)n1. The van der Waals surface area contributed by atoms with Crippen LogP contribution in [0.3, 0.4) is 0 Å². The molecule has 4 heteroatoms. The van der Waals surface area contributed by atoms with Crippen LogP contribution in [0.5, 0.6) is 0 Å². The van der Waals surface area contributed by atoms with Crippen LogP contribution in [0, 0.1) is 6.92 Å². The van der Waals surface area contributed by atoms with E-state index in [1.807, 2.05) is 37.3 Å². The lowest BCUT2D eigenvalue weighted by Crippen LogP contribution is -2.16. The Hall–Kier alpha value is -2.20. The number of aryl methyl sites for hydroxylation is 1. The molecule has 1 unspecified atom stereocenters. The van der Waals surface area contributed by atoms with Gasteiger partial charge in [0.2, 0.25) is 5.91 Å². The number of aliphatic hydroxyl groups is 1. The van der Waals surface area contributed by atoms with E-state index in [0.717, 1.165) is 11.3 Å². The van der Waals surface area contributed by atoms with E-state index in [9.17, 15) is 9.90 Å². The van der Waals surface area contributed by atoms with Crippen molar-refractivity contribution in [3.8, 4) is 0 Å². The minimum Gasteiger partial charge on any atom is -0.388 e. The van der Waals surface area contributed by atoms with Gasteiger partial charge in [-0.15, -0.1) is 0 Å². The van der Waals surface area contributed by atoms with Crippen molar-refractivity contribution < 1.29 is 9.90 Å². The minimum absolute atomic E-state index is 0.0135. The first-order valence-corrected chi connectivity index (χ1v) is 6.11. The van der Waals surface area contributed by atoms with E-state index in [0.29, 0.717) is 5.82 Å². The lowest BCUT2D eigenvalue weighted by molar-refractivity contribution is -0.118. The Bertz CT molecular complexity index is 555. The van der Waals surface area contributed by atoms with Crippen molar-refractivity contribution >= 4 is 11.7 Å². The molecule has 2 N–H and O–H groups in total. The van der Waals surface area contributed by atoms with Gasteiger partial charge in [0.25, 0.3) is 0 Å². The van der Waals surface area contributed by atoms with Gasteiger partial charge in [-0.05, 0) is 24.6 Å². The number of hydrogen-bond acceptors (Lipinski definition) is 3. The number of aliphatic hydroxyl groups excluding tert-OH is 1. The van der Waals surface area contributed by atoms with Crippen molar-refractivity contribution in [2.75, 3.05) is 5.32 Å². The Kier molecular flexibility index (Phi) is 4.26. The maximum Gasteiger partial charge on any atom is 0.228 e. The van der Waals surface area contributed by atoms with Crippen molar-refractivity contribution in [2.24, 2.45) is 0 Å². The smallest absolute Gasteiger partial charge is 0.228 e. The van der Waals surface area contributed by atoms with Gasteiger partial charge in [0.05, 0.1) is 12.5 Å². The second-order valence-electron chi connectivity index (χ2n) is 4.34. The van der Waals surface area contributed by atoms with Crippen molar-refractivity contribution in [3.63, 3.8) is 0 Å². The highest BCUT2D eigenvalue weighted by molar-refractivity contribution is 5.90. The summed E-state index contributed by atoms with van der Waals surface area (Å²) in [5, 5.41) is 12.6. The first-order chi connectivity index (χ1) is 9.15. The Morgan fingerprint density at radius 1 is 1.21 bits per heavy atom. The zero-order valence-corrected chi connectivity index (χ0v) is 10.7. The van der Waals surface area contributed by atoms with Gasteiger partial charge in [-0.3, -0.25) is 4.79 Å². The highest BCUT2D eigenvalue weighted by Gasteiger charge is 2.13. The lowest BCUT2D eigenvalue weighted by Gasteiger charge is -2.11. The Morgan fingerprint density at radius 3 is 2.63 bits per heavy atom. The summed E-state index contributed by atoms with van der Waals surface area (Å²) in [5.74, 6) is 0.250. The fraction of sp³-hybridized carbons (Fsp3) is 0.200. The first kappa shape index (κ1) is 13.2. The summed E-state index contributed by atoms with van der Waals surface area (Å²) >= 11 is 0. The molecule has 1 heterocycles. The quantitative estimate of drug-likeness (QED) is 0.883. The molecular weight excluding hydrogens is 240 g/mol. The molecule has 0 aliphatic carbocycles. The van der Waals surface area contributed by atoms with Crippen molar-refractivity contribution in [1.82, 2.24) is 4.98 Å². The second-order valence-corrected chi connectivity index (χ2v) is 4.34. The lowest BCUT2D eigenvalue weighted by atomic mass is 10.1. The molecule has 2 rings (SSSR count). The molecule has 1 aromatic carbocycles. The number of aromatic nitrogens is 1. The molecule has 2 aromatic rings. The first-order valence-electron chi connectivity index (χ1n) is 6.11. The van der Waals surface area contributed by atoms with E-state index < -0.39 is 6.10 Å². The fourth-order valence-electron chi connectivity index (χ4n) is 1.78. The number of nitrogens with zero attached hydrogens (tertiary/aromatic N) is 1. The average Bonchev–Trinajstić information content (AvgIpc) is 2.39. The molecule has 0 saturated heterocycles. The number of amides is 1. The monoisotopic (exact) mass is 256 g/mol. The van der Waals surface area contributed by atoms with Crippen LogP contribution in [0.4, 0.5) is 5.82 Å². The Labute approximate surface area is 112 Å². The van der Waals surface area contributed by atoms with E-state index in [4.69, 9.17) is 0 Å². The molecule has 1 aromatic heterocycles. The predicted octanol–water partition coefficient (Wildman–Crippen LogP) is 2.45. The van der Waals surface area contributed by atoms with Gasteiger partial charge >= 0.3 is 0 Å². The van der Waals surface area contributed by atoms with E-state index in [1.165, 1.54) is 0 Å². The standard InChI is InChI=1S/C15H16N2O2/c1-11-6-5-9-14(16-11)17-15(19)10-13(18)12-7-3-2-4-8-12/h2-9,13,18H,10H2,1H3,(H,16,17,19). The van der Waals surface area contributed by atoms with Gasteiger partial charge in [0.15, 0.2) is 0 Å². The number of anilines is 1. The number of benzene rings is 1. The van der Waals surface area contributed by atoms with Crippen LogP contribution < -0.4 is 5.32 Å². The normalized spacial score (nSPS) is 11.9.